The van der Waals surface area contributed by atoms with Crippen LogP contribution in [-0.4, -0.2) is 46.5 Å². The number of hydrogen-bond donors (Lipinski definition) is 3. The van der Waals surface area contributed by atoms with E-state index in [2.05, 4.69) is 0 Å². The lowest BCUT2D eigenvalue weighted by molar-refractivity contribution is -0.145. The molecule has 0 spiro atoms. The molecule has 0 amide bonds. The fourth-order valence-electron chi connectivity index (χ4n) is 3.84. The van der Waals surface area contributed by atoms with Crippen LogP contribution in [0.3, 0.4) is 0 Å². The number of aliphatic hydroxyl groups excluding tert-OH is 3. The Hall–Kier alpha value is -2.54. The zero-order valence-electron chi connectivity index (χ0n) is 15.8. The van der Waals surface area contributed by atoms with Crippen LogP contribution < -0.4 is 0 Å². The average Bonchev–Trinajstić information content (AvgIpc) is 3.03. The average molecular weight is 392 g/mol. The molecular formula is C24H24O5. The smallest absolute Gasteiger partial charge is 0.184 e. The van der Waals surface area contributed by atoms with E-state index < -0.39 is 30.2 Å². The Balaban J connectivity index is 1.80. The van der Waals surface area contributed by atoms with Crippen LogP contribution in [0.1, 0.15) is 16.7 Å². The maximum Gasteiger partial charge on any atom is 0.184 e. The number of aliphatic hydroxyl groups is 3. The maximum absolute atomic E-state index is 10.2. The van der Waals surface area contributed by atoms with Crippen LogP contribution >= 0.6 is 0 Å². The molecule has 1 saturated heterocycles. The molecule has 0 radical (unpaired) electrons. The van der Waals surface area contributed by atoms with Gasteiger partial charge >= 0.3 is 0 Å². The molecule has 4 rings (SSSR count). The second-order valence-electron chi connectivity index (χ2n) is 7.14. The van der Waals surface area contributed by atoms with Crippen molar-refractivity contribution in [3.05, 3.63) is 108 Å². The monoisotopic (exact) mass is 392 g/mol. The Morgan fingerprint density at radius 2 is 1.07 bits per heavy atom. The van der Waals surface area contributed by atoms with Gasteiger partial charge in [0.05, 0.1) is 6.61 Å². The lowest BCUT2D eigenvalue weighted by Gasteiger charge is -2.37. The van der Waals surface area contributed by atoms with Gasteiger partial charge in [-0.15, -0.1) is 0 Å². The Kier molecular flexibility index (Phi) is 5.76. The summed E-state index contributed by atoms with van der Waals surface area (Å²) in [6.45, 7) is -0.0199. The van der Waals surface area contributed by atoms with E-state index in [4.69, 9.17) is 9.47 Å². The van der Waals surface area contributed by atoms with Crippen LogP contribution in [0.5, 0.6) is 0 Å². The van der Waals surface area contributed by atoms with Gasteiger partial charge in [-0.1, -0.05) is 91.0 Å². The van der Waals surface area contributed by atoms with Gasteiger partial charge in [0.15, 0.2) is 6.29 Å². The molecule has 0 unspecified atom stereocenters. The van der Waals surface area contributed by atoms with Crippen molar-refractivity contribution in [2.24, 2.45) is 0 Å². The summed E-state index contributed by atoms with van der Waals surface area (Å²) in [5.74, 6) is 0. The van der Waals surface area contributed by atoms with Gasteiger partial charge in [0.2, 0.25) is 0 Å². The summed E-state index contributed by atoms with van der Waals surface area (Å²) in [6, 6.07) is 29.5. The minimum atomic E-state index is -1.43. The molecular weight excluding hydrogens is 368 g/mol. The minimum Gasteiger partial charge on any atom is -0.387 e. The molecule has 1 aliphatic heterocycles. The third-order valence-corrected chi connectivity index (χ3v) is 5.34. The first kappa shape index (κ1) is 19.8. The quantitative estimate of drug-likeness (QED) is 0.562. The Morgan fingerprint density at radius 1 is 0.655 bits per heavy atom. The predicted octanol–water partition coefficient (Wildman–Crippen LogP) is 2.43. The first-order valence-corrected chi connectivity index (χ1v) is 9.63. The molecule has 0 bridgehead atoms. The molecule has 5 nitrogen and oxygen atoms in total. The summed E-state index contributed by atoms with van der Waals surface area (Å²) >= 11 is 0. The minimum absolute atomic E-state index is 0.0199. The first-order chi connectivity index (χ1) is 14.1. The van der Waals surface area contributed by atoms with E-state index in [1.54, 1.807) is 0 Å². The van der Waals surface area contributed by atoms with Gasteiger partial charge in [-0.05, 0) is 16.7 Å². The van der Waals surface area contributed by atoms with Crippen LogP contribution in [0.15, 0.2) is 91.0 Å². The normalized spacial score (nSPS) is 24.5. The van der Waals surface area contributed by atoms with Crippen LogP contribution in [-0.2, 0) is 15.1 Å². The van der Waals surface area contributed by atoms with E-state index in [1.807, 2.05) is 91.0 Å². The first-order valence-electron chi connectivity index (χ1n) is 9.63. The Bertz CT molecular complexity index is 804. The molecule has 0 saturated carbocycles. The van der Waals surface area contributed by atoms with E-state index in [9.17, 15) is 15.3 Å². The predicted molar refractivity (Wildman–Crippen MR) is 108 cm³/mol. The van der Waals surface area contributed by atoms with E-state index in [-0.39, 0.29) is 6.61 Å². The van der Waals surface area contributed by atoms with Crippen LogP contribution in [0.4, 0.5) is 0 Å². The summed E-state index contributed by atoms with van der Waals surface area (Å²) in [7, 11) is 0. The third kappa shape index (κ3) is 3.71. The molecule has 1 heterocycles. The molecule has 5 heteroatoms. The highest BCUT2D eigenvalue weighted by atomic mass is 16.7. The molecule has 1 aliphatic rings. The van der Waals surface area contributed by atoms with Gasteiger partial charge < -0.3 is 24.8 Å². The number of ether oxygens (including phenoxy) is 2. The largest absolute Gasteiger partial charge is 0.387 e. The molecule has 3 N–H and O–H groups in total. The molecule has 4 atom stereocenters. The van der Waals surface area contributed by atoms with Gasteiger partial charge in [0.1, 0.15) is 23.9 Å². The zero-order chi connectivity index (χ0) is 20.3. The highest BCUT2D eigenvalue weighted by molar-refractivity contribution is 5.47. The van der Waals surface area contributed by atoms with E-state index in [1.165, 1.54) is 0 Å². The van der Waals surface area contributed by atoms with Gasteiger partial charge in [-0.3, -0.25) is 0 Å². The van der Waals surface area contributed by atoms with Crippen molar-refractivity contribution >= 4 is 0 Å². The number of hydrogen-bond acceptors (Lipinski definition) is 5. The third-order valence-electron chi connectivity index (χ3n) is 5.34. The highest BCUT2D eigenvalue weighted by Crippen LogP contribution is 2.41. The second kappa shape index (κ2) is 8.45. The van der Waals surface area contributed by atoms with E-state index >= 15 is 0 Å². The van der Waals surface area contributed by atoms with Crippen molar-refractivity contribution in [3.63, 3.8) is 0 Å². The van der Waals surface area contributed by atoms with Gasteiger partial charge in [0.25, 0.3) is 0 Å². The van der Waals surface area contributed by atoms with Crippen molar-refractivity contribution in [1.82, 2.24) is 0 Å². The van der Waals surface area contributed by atoms with Crippen molar-refractivity contribution in [2.45, 2.75) is 30.2 Å². The van der Waals surface area contributed by atoms with Crippen LogP contribution in [0.2, 0.25) is 0 Å². The summed E-state index contributed by atoms with van der Waals surface area (Å²) in [4.78, 5) is 0. The molecule has 0 aromatic heterocycles. The topological polar surface area (TPSA) is 79.2 Å². The summed E-state index contributed by atoms with van der Waals surface area (Å²) in [5.41, 5.74) is 1.81. The molecule has 3 aromatic rings. The number of benzene rings is 3. The van der Waals surface area contributed by atoms with Crippen molar-refractivity contribution < 1.29 is 24.8 Å². The summed E-state index contributed by atoms with van der Waals surface area (Å²) in [5, 5.41) is 29.8. The number of rotatable bonds is 6. The van der Waals surface area contributed by atoms with Crippen molar-refractivity contribution in [1.29, 1.82) is 0 Å². The zero-order valence-corrected chi connectivity index (χ0v) is 15.8. The van der Waals surface area contributed by atoms with E-state index in [0.29, 0.717) is 0 Å². The Labute approximate surface area is 169 Å². The maximum atomic E-state index is 10.2. The van der Waals surface area contributed by atoms with Gasteiger partial charge in [0, 0.05) is 0 Å². The highest BCUT2D eigenvalue weighted by Gasteiger charge is 2.44. The van der Waals surface area contributed by atoms with Gasteiger partial charge in [-0.2, -0.15) is 0 Å². The SMILES string of the molecule is O[C@@H]1[C@H](O)[C@@H](O)O[C@@H]1COC(c1ccccc1)(c1ccccc1)c1ccccc1. The lowest BCUT2D eigenvalue weighted by atomic mass is 9.80. The standard InChI is InChI=1S/C24H24O5/c25-21-20(29-23(27)22(21)26)16-28-24(17-10-4-1-5-11-17,18-12-6-2-7-13-18)19-14-8-3-9-15-19/h1-15,20-23,25-27H,16H2/t20-,21+,22+,23+/m1/s1. The van der Waals surface area contributed by atoms with Crippen LogP contribution in [0.25, 0.3) is 0 Å². The molecule has 3 aromatic carbocycles. The van der Waals surface area contributed by atoms with Crippen LogP contribution in [0, 0.1) is 0 Å². The van der Waals surface area contributed by atoms with E-state index in [0.717, 1.165) is 16.7 Å². The summed E-state index contributed by atoms with van der Waals surface area (Å²) < 4.78 is 11.9. The molecule has 0 aliphatic carbocycles. The molecule has 1 fully saturated rings. The molecule has 150 valence electrons. The van der Waals surface area contributed by atoms with Crippen molar-refractivity contribution in [2.75, 3.05) is 6.61 Å². The fraction of sp³-hybridized carbons (Fsp3) is 0.250. The van der Waals surface area contributed by atoms with Gasteiger partial charge in [-0.25, -0.2) is 0 Å². The Morgan fingerprint density at radius 3 is 1.41 bits per heavy atom. The fourth-order valence-corrected chi connectivity index (χ4v) is 3.84. The lowest BCUT2D eigenvalue weighted by Crippen LogP contribution is -2.39. The van der Waals surface area contributed by atoms with Crippen molar-refractivity contribution in [3.8, 4) is 0 Å². The summed E-state index contributed by atoms with van der Waals surface area (Å²) in [6.07, 6.45) is -4.87. The molecule has 29 heavy (non-hydrogen) atoms. The second-order valence-corrected chi connectivity index (χ2v) is 7.14.